The SMILES string of the molecule is CCN(CC(=O)Nc1ccc(OC)cc1)C(C)C(=O)Nc1ccccc1C(F)(F)F. The van der Waals surface area contributed by atoms with Crippen molar-refractivity contribution in [3.8, 4) is 5.75 Å². The molecule has 6 nitrogen and oxygen atoms in total. The van der Waals surface area contributed by atoms with Gasteiger partial charge in [-0.2, -0.15) is 13.2 Å². The monoisotopic (exact) mass is 423 g/mol. The standard InChI is InChI=1S/C21H24F3N3O3/c1-4-27(13-19(28)25-15-9-11-16(30-3)12-10-15)14(2)20(29)26-18-8-6-5-7-17(18)21(22,23)24/h5-12,14H,4,13H2,1-3H3,(H,25,28)(H,26,29). The second-order valence-electron chi connectivity index (χ2n) is 6.55. The quantitative estimate of drug-likeness (QED) is 0.673. The van der Waals surface area contributed by atoms with Gasteiger partial charge in [0.1, 0.15) is 5.75 Å². The minimum Gasteiger partial charge on any atom is -0.497 e. The number of hydrogen-bond acceptors (Lipinski definition) is 4. The first kappa shape index (κ1) is 23.2. The van der Waals surface area contributed by atoms with Crippen LogP contribution in [0.15, 0.2) is 48.5 Å². The van der Waals surface area contributed by atoms with Crippen molar-refractivity contribution < 1.29 is 27.5 Å². The van der Waals surface area contributed by atoms with Gasteiger partial charge in [0.15, 0.2) is 0 Å². The summed E-state index contributed by atoms with van der Waals surface area (Å²) < 4.78 is 44.4. The van der Waals surface area contributed by atoms with Crippen LogP contribution in [0.4, 0.5) is 24.5 Å². The second kappa shape index (κ2) is 10.1. The molecule has 0 radical (unpaired) electrons. The number of halogens is 3. The minimum atomic E-state index is -4.59. The van der Waals surface area contributed by atoms with Crippen LogP contribution in [0.25, 0.3) is 0 Å². The lowest BCUT2D eigenvalue weighted by molar-refractivity contribution is -0.137. The van der Waals surface area contributed by atoms with E-state index in [-0.39, 0.29) is 18.1 Å². The van der Waals surface area contributed by atoms with Gasteiger partial charge < -0.3 is 15.4 Å². The molecule has 0 saturated heterocycles. The fourth-order valence-corrected chi connectivity index (χ4v) is 2.82. The van der Waals surface area contributed by atoms with Crippen molar-refractivity contribution in [3.05, 3.63) is 54.1 Å². The zero-order chi connectivity index (χ0) is 22.3. The topological polar surface area (TPSA) is 70.7 Å². The molecule has 9 heteroatoms. The summed E-state index contributed by atoms with van der Waals surface area (Å²) in [6.45, 7) is 3.55. The molecule has 0 heterocycles. The molecule has 0 aliphatic heterocycles. The van der Waals surface area contributed by atoms with Gasteiger partial charge in [0.25, 0.3) is 0 Å². The van der Waals surface area contributed by atoms with Crippen molar-refractivity contribution >= 4 is 23.2 Å². The number of carbonyl (C=O) groups is 2. The number of amides is 2. The van der Waals surface area contributed by atoms with E-state index < -0.39 is 23.7 Å². The molecule has 2 N–H and O–H groups in total. The Hall–Kier alpha value is -3.07. The van der Waals surface area contributed by atoms with E-state index >= 15 is 0 Å². The zero-order valence-electron chi connectivity index (χ0n) is 16.9. The number of benzene rings is 2. The lowest BCUT2D eigenvalue weighted by Gasteiger charge is -2.26. The smallest absolute Gasteiger partial charge is 0.418 e. The lowest BCUT2D eigenvalue weighted by atomic mass is 10.1. The largest absolute Gasteiger partial charge is 0.497 e. The minimum absolute atomic E-state index is 0.0992. The maximum Gasteiger partial charge on any atom is 0.418 e. The van der Waals surface area contributed by atoms with Crippen LogP contribution >= 0.6 is 0 Å². The maximum absolute atomic E-state index is 13.1. The molecule has 162 valence electrons. The molecule has 2 amide bonds. The van der Waals surface area contributed by atoms with E-state index in [1.54, 1.807) is 36.1 Å². The van der Waals surface area contributed by atoms with E-state index in [0.717, 1.165) is 6.07 Å². The molecule has 0 aromatic heterocycles. The summed E-state index contributed by atoms with van der Waals surface area (Å²) in [5.74, 6) is -0.337. The molecule has 0 bridgehead atoms. The number of ether oxygens (including phenoxy) is 1. The molecule has 0 spiro atoms. The van der Waals surface area contributed by atoms with Gasteiger partial charge in [-0.25, -0.2) is 0 Å². The van der Waals surface area contributed by atoms with Gasteiger partial charge in [0, 0.05) is 5.69 Å². The summed E-state index contributed by atoms with van der Waals surface area (Å²) >= 11 is 0. The highest BCUT2D eigenvalue weighted by Crippen LogP contribution is 2.34. The highest BCUT2D eigenvalue weighted by molar-refractivity contribution is 5.96. The fraction of sp³-hybridized carbons (Fsp3) is 0.333. The first-order valence-corrected chi connectivity index (χ1v) is 9.30. The average Bonchev–Trinajstić information content (AvgIpc) is 2.71. The van der Waals surface area contributed by atoms with Gasteiger partial charge in [0.05, 0.1) is 30.9 Å². The van der Waals surface area contributed by atoms with Crippen LogP contribution in [0.5, 0.6) is 5.75 Å². The van der Waals surface area contributed by atoms with E-state index in [4.69, 9.17) is 4.74 Å². The molecule has 0 fully saturated rings. The second-order valence-corrected chi connectivity index (χ2v) is 6.55. The average molecular weight is 423 g/mol. The third-order valence-electron chi connectivity index (χ3n) is 4.54. The maximum atomic E-state index is 13.1. The molecule has 1 atom stereocenters. The van der Waals surface area contributed by atoms with Gasteiger partial charge in [-0.1, -0.05) is 19.1 Å². The molecule has 1 unspecified atom stereocenters. The summed E-state index contributed by atoms with van der Waals surface area (Å²) in [4.78, 5) is 26.4. The fourth-order valence-electron chi connectivity index (χ4n) is 2.82. The van der Waals surface area contributed by atoms with Gasteiger partial charge in [-0.15, -0.1) is 0 Å². The Morgan fingerprint density at radius 1 is 1.07 bits per heavy atom. The third kappa shape index (κ3) is 6.21. The Balaban J connectivity index is 2.02. The summed E-state index contributed by atoms with van der Waals surface area (Å²) in [6, 6.07) is 10.7. The summed E-state index contributed by atoms with van der Waals surface area (Å²) in [7, 11) is 1.53. The summed E-state index contributed by atoms with van der Waals surface area (Å²) in [5, 5.41) is 5.03. The molecule has 0 aliphatic carbocycles. The number of carbonyl (C=O) groups excluding carboxylic acids is 2. The molecular formula is C21H24F3N3O3. The van der Waals surface area contributed by atoms with E-state index in [1.165, 1.54) is 32.2 Å². The Bertz CT molecular complexity index is 870. The molecule has 2 aromatic rings. The van der Waals surface area contributed by atoms with Crippen LogP contribution in [-0.2, 0) is 15.8 Å². The van der Waals surface area contributed by atoms with Crippen molar-refractivity contribution in [1.82, 2.24) is 4.90 Å². The van der Waals surface area contributed by atoms with E-state index in [9.17, 15) is 22.8 Å². The molecule has 2 aromatic carbocycles. The van der Waals surface area contributed by atoms with Crippen molar-refractivity contribution in [3.63, 3.8) is 0 Å². The lowest BCUT2D eigenvalue weighted by Crippen LogP contribution is -2.45. The molecule has 0 aliphatic rings. The van der Waals surface area contributed by atoms with Crippen molar-refractivity contribution in [1.29, 1.82) is 0 Å². The normalized spacial score (nSPS) is 12.4. The van der Waals surface area contributed by atoms with Crippen molar-refractivity contribution in [2.24, 2.45) is 0 Å². The predicted octanol–water partition coefficient (Wildman–Crippen LogP) is 4.00. The van der Waals surface area contributed by atoms with Gasteiger partial charge in [-0.3, -0.25) is 14.5 Å². The van der Waals surface area contributed by atoms with Gasteiger partial charge >= 0.3 is 6.18 Å². The number of likely N-dealkylation sites (N-methyl/N-ethyl adjacent to an activating group) is 1. The Morgan fingerprint density at radius 2 is 1.70 bits per heavy atom. The number of hydrogen-bond donors (Lipinski definition) is 2. The Kier molecular flexibility index (Phi) is 7.82. The number of alkyl halides is 3. The van der Waals surface area contributed by atoms with E-state index in [0.29, 0.717) is 18.0 Å². The molecule has 0 saturated carbocycles. The van der Waals surface area contributed by atoms with Crippen molar-refractivity contribution in [2.45, 2.75) is 26.1 Å². The summed E-state index contributed by atoms with van der Waals surface area (Å²) in [5.41, 5.74) is -0.681. The van der Waals surface area contributed by atoms with Crippen LogP contribution in [0.3, 0.4) is 0 Å². The number of nitrogens with one attached hydrogen (secondary N) is 2. The predicted molar refractivity (Wildman–Crippen MR) is 108 cm³/mol. The highest BCUT2D eigenvalue weighted by atomic mass is 19.4. The van der Waals surface area contributed by atoms with Gasteiger partial charge in [-0.05, 0) is 49.9 Å². The number of para-hydroxylation sites is 1. The first-order valence-electron chi connectivity index (χ1n) is 9.30. The van der Waals surface area contributed by atoms with Crippen LogP contribution in [0, 0.1) is 0 Å². The molecular weight excluding hydrogens is 399 g/mol. The van der Waals surface area contributed by atoms with E-state index in [2.05, 4.69) is 10.6 Å². The number of nitrogens with zero attached hydrogens (tertiary/aromatic N) is 1. The van der Waals surface area contributed by atoms with Crippen LogP contribution < -0.4 is 15.4 Å². The van der Waals surface area contributed by atoms with Gasteiger partial charge in [0.2, 0.25) is 11.8 Å². The number of anilines is 2. The Labute approximate surface area is 173 Å². The van der Waals surface area contributed by atoms with Crippen LogP contribution in [0.1, 0.15) is 19.4 Å². The third-order valence-corrected chi connectivity index (χ3v) is 4.54. The number of rotatable bonds is 8. The van der Waals surface area contributed by atoms with Crippen LogP contribution in [0.2, 0.25) is 0 Å². The van der Waals surface area contributed by atoms with E-state index in [1.807, 2.05) is 0 Å². The molecule has 30 heavy (non-hydrogen) atoms. The zero-order valence-corrected chi connectivity index (χ0v) is 16.9. The number of methoxy groups -OCH3 is 1. The Morgan fingerprint density at radius 3 is 2.27 bits per heavy atom. The summed E-state index contributed by atoms with van der Waals surface area (Å²) in [6.07, 6.45) is -4.59. The van der Waals surface area contributed by atoms with Crippen LogP contribution in [-0.4, -0.2) is 43.0 Å². The highest BCUT2D eigenvalue weighted by Gasteiger charge is 2.34. The van der Waals surface area contributed by atoms with Crippen molar-refractivity contribution in [2.75, 3.05) is 30.8 Å². The molecule has 2 rings (SSSR count). The first-order chi connectivity index (χ1) is 14.2.